The molecule has 1 heterocycles. The van der Waals surface area contributed by atoms with Crippen molar-refractivity contribution in [1.82, 2.24) is 5.32 Å². The molecule has 0 bridgehead atoms. The van der Waals surface area contributed by atoms with E-state index in [1.807, 2.05) is 23.1 Å². The highest BCUT2D eigenvalue weighted by Crippen LogP contribution is 2.28. The zero-order valence-corrected chi connectivity index (χ0v) is 15.5. The van der Waals surface area contributed by atoms with Crippen LogP contribution in [0.5, 0.6) is 0 Å². The van der Waals surface area contributed by atoms with Crippen LogP contribution in [0.3, 0.4) is 0 Å². The molecule has 1 saturated heterocycles. The summed E-state index contributed by atoms with van der Waals surface area (Å²) in [6.45, 7) is 1.23. The molecule has 2 aromatic carbocycles. The molecule has 8 nitrogen and oxygen atoms in total. The molecule has 0 unspecified atom stereocenters. The maximum atomic E-state index is 12.3. The van der Waals surface area contributed by atoms with E-state index in [4.69, 9.17) is 4.74 Å². The van der Waals surface area contributed by atoms with Crippen molar-refractivity contribution in [2.24, 2.45) is 0 Å². The van der Waals surface area contributed by atoms with E-state index in [0.29, 0.717) is 37.2 Å². The van der Waals surface area contributed by atoms with Crippen molar-refractivity contribution in [3.8, 4) is 0 Å². The first-order valence-corrected chi connectivity index (χ1v) is 8.97. The van der Waals surface area contributed by atoms with Crippen LogP contribution >= 0.6 is 0 Å². The highest BCUT2D eigenvalue weighted by molar-refractivity contribution is 5.97. The van der Waals surface area contributed by atoms with Gasteiger partial charge in [-0.25, -0.2) is 4.79 Å². The van der Waals surface area contributed by atoms with E-state index in [1.54, 1.807) is 18.2 Å². The topological polar surface area (TPSA) is 102 Å². The number of nitrogens with zero attached hydrogens (tertiary/aromatic N) is 2. The molecule has 0 aliphatic carbocycles. The van der Waals surface area contributed by atoms with E-state index >= 15 is 0 Å². The predicted octanol–water partition coefficient (Wildman–Crippen LogP) is 2.78. The second-order valence-corrected chi connectivity index (χ2v) is 6.55. The zero-order chi connectivity index (χ0) is 20.1. The minimum Gasteiger partial charge on any atom is -0.465 e. The van der Waals surface area contributed by atoms with Crippen LogP contribution in [0.2, 0.25) is 0 Å². The van der Waals surface area contributed by atoms with E-state index in [-0.39, 0.29) is 23.2 Å². The van der Waals surface area contributed by atoms with Crippen LogP contribution in [0.25, 0.3) is 0 Å². The Kier molecular flexibility index (Phi) is 5.88. The highest BCUT2D eigenvalue weighted by atomic mass is 16.6. The summed E-state index contributed by atoms with van der Waals surface area (Å²) in [6, 6.07) is 13.3. The number of benzene rings is 2. The monoisotopic (exact) mass is 383 g/mol. The molecular weight excluding hydrogens is 362 g/mol. The smallest absolute Gasteiger partial charge is 0.340 e. The van der Waals surface area contributed by atoms with Gasteiger partial charge in [0, 0.05) is 36.8 Å². The predicted molar refractivity (Wildman–Crippen MR) is 104 cm³/mol. The lowest BCUT2D eigenvalue weighted by atomic mass is 10.0. The summed E-state index contributed by atoms with van der Waals surface area (Å²) in [5.41, 5.74) is 1.23. The molecule has 2 aromatic rings. The molecule has 1 fully saturated rings. The number of piperidine rings is 1. The molecule has 0 spiro atoms. The molecule has 0 aromatic heterocycles. The average Bonchev–Trinajstić information content (AvgIpc) is 2.74. The number of nitro benzene ring substituents is 1. The normalized spacial score (nSPS) is 14.4. The van der Waals surface area contributed by atoms with Gasteiger partial charge in [-0.3, -0.25) is 14.9 Å². The Labute approximate surface area is 162 Å². The molecule has 1 amide bonds. The number of esters is 1. The minimum atomic E-state index is -0.613. The second kappa shape index (κ2) is 8.51. The van der Waals surface area contributed by atoms with Crippen molar-refractivity contribution in [3.05, 3.63) is 69.8 Å². The first kappa shape index (κ1) is 19.3. The molecule has 1 N–H and O–H groups in total. The number of carbonyl (C=O) groups is 2. The second-order valence-electron chi connectivity index (χ2n) is 6.55. The van der Waals surface area contributed by atoms with Gasteiger partial charge in [0.1, 0.15) is 0 Å². The number of anilines is 1. The number of nitro groups is 1. The van der Waals surface area contributed by atoms with E-state index in [9.17, 15) is 19.7 Å². The van der Waals surface area contributed by atoms with Gasteiger partial charge in [0.2, 0.25) is 0 Å². The Balaban J connectivity index is 1.68. The maximum absolute atomic E-state index is 12.3. The summed E-state index contributed by atoms with van der Waals surface area (Å²) < 4.78 is 4.78. The Bertz CT molecular complexity index is 877. The summed E-state index contributed by atoms with van der Waals surface area (Å²) in [5.74, 6) is -0.720. The lowest BCUT2D eigenvalue weighted by molar-refractivity contribution is -0.384. The number of nitrogens with one attached hydrogen (secondary N) is 1. The van der Waals surface area contributed by atoms with Gasteiger partial charge in [-0.05, 0) is 31.0 Å². The standard InChI is InChI=1S/C20H21N3O5/c1-28-20(25)17-13-16(23(26)27)7-8-18(17)22-11-9-15(10-12-22)21-19(24)14-5-3-2-4-6-14/h2-8,13,15H,9-12H2,1H3,(H,21,24). The molecule has 3 rings (SSSR count). The third-order valence-corrected chi connectivity index (χ3v) is 4.80. The zero-order valence-electron chi connectivity index (χ0n) is 15.5. The molecule has 146 valence electrons. The van der Waals surface area contributed by atoms with Gasteiger partial charge in [-0.2, -0.15) is 0 Å². The Morgan fingerprint density at radius 2 is 1.82 bits per heavy atom. The lowest BCUT2D eigenvalue weighted by Crippen LogP contribution is -2.45. The third-order valence-electron chi connectivity index (χ3n) is 4.80. The van der Waals surface area contributed by atoms with Crippen molar-refractivity contribution >= 4 is 23.3 Å². The number of non-ortho nitro benzene ring substituents is 1. The van der Waals surface area contributed by atoms with Crippen molar-refractivity contribution < 1.29 is 19.2 Å². The largest absolute Gasteiger partial charge is 0.465 e. The SMILES string of the molecule is COC(=O)c1cc([N+](=O)[O-])ccc1N1CCC(NC(=O)c2ccccc2)CC1. The van der Waals surface area contributed by atoms with Gasteiger partial charge in [0.15, 0.2) is 0 Å². The van der Waals surface area contributed by atoms with Crippen molar-refractivity contribution in [2.75, 3.05) is 25.1 Å². The molecule has 1 aliphatic heterocycles. The molecule has 0 radical (unpaired) electrons. The number of carbonyl (C=O) groups excluding carboxylic acids is 2. The van der Waals surface area contributed by atoms with Crippen LogP contribution in [0.4, 0.5) is 11.4 Å². The number of ether oxygens (including phenoxy) is 1. The molecule has 1 aliphatic rings. The van der Waals surface area contributed by atoms with Crippen LogP contribution in [0.1, 0.15) is 33.6 Å². The number of rotatable bonds is 5. The van der Waals surface area contributed by atoms with Crippen molar-refractivity contribution in [3.63, 3.8) is 0 Å². The van der Waals surface area contributed by atoms with Gasteiger partial charge >= 0.3 is 5.97 Å². The molecular formula is C20H21N3O5. The number of hydrogen-bond acceptors (Lipinski definition) is 6. The molecule has 8 heteroatoms. The van der Waals surface area contributed by atoms with Gasteiger partial charge in [-0.15, -0.1) is 0 Å². The quantitative estimate of drug-likeness (QED) is 0.484. The van der Waals surface area contributed by atoms with Gasteiger partial charge in [-0.1, -0.05) is 18.2 Å². The first-order valence-electron chi connectivity index (χ1n) is 8.97. The van der Waals surface area contributed by atoms with E-state index < -0.39 is 10.9 Å². The summed E-state index contributed by atoms with van der Waals surface area (Å²) in [4.78, 5) is 36.8. The van der Waals surface area contributed by atoms with E-state index in [0.717, 1.165) is 0 Å². The molecule has 28 heavy (non-hydrogen) atoms. The van der Waals surface area contributed by atoms with Crippen molar-refractivity contribution in [2.45, 2.75) is 18.9 Å². The number of amides is 1. The van der Waals surface area contributed by atoms with Crippen LogP contribution in [-0.4, -0.2) is 43.0 Å². The summed E-state index contributed by atoms with van der Waals surface area (Å²) >= 11 is 0. The average molecular weight is 383 g/mol. The third kappa shape index (κ3) is 4.28. The van der Waals surface area contributed by atoms with Crippen molar-refractivity contribution in [1.29, 1.82) is 0 Å². The molecule has 0 atom stereocenters. The fraction of sp³-hybridized carbons (Fsp3) is 0.300. The lowest BCUT2D eigenvalue weighted by Gasteiger charge is -2.34. The van der Waals surface area contributed by atoms with Crippen LogP contribution in [-0.2, 0) is 4.74 Å². The maximum Gasteiger partial charge on any atom is 0.340 e. The number of hydrogen-bond donors (Lipinski definition) is 1. The van der Waals surface area contributed by atoms with Crippen LogP contribution in [0.15, 0.2) is 48.5 Å². The van der Waals surface area contributed by atoms with Gasteiger partial charge in [0.05, 0.1) is 23.3 Å². The molecule has 0 saturated carbocycles. The summed E-state index contributed by atoms with van der Waals surface area (Å²) in [5, 5.41) is 14.0. The summed E-state index contributed by atoms with van der Waals surface area (Å²) in [6.07, 6.45) is 1.41. The highest BCUT2D eigenvalue weighted by Gasteiger charge is 2.26. The fourth-order valence-corrected chi connectivity index (χ4v) is 3.31. The number of methoxy groups -OCH3 is 1. The van der Waals surface area contributed by atoms with Crippen LogP contribution in [0, 0.1) is 10.1 Å². The Morgan fingerprint density at radius 1 is 1.14 bits per heavy atom. The first-order chi connectivity index (χ1) is 13.5. The van der Waals surface area contributed by atoms with E-state index in [2.05, 4.69) is 5.32 Å². The Morgan fingerprint density at radius 3 is 2.43 bits per heavy atom. The van der Waals surface area contributed by atoms with Gasteiger partial charge < -0.3 is 15.0 Å². The Hall–Kier alpha value is -3.42. The van der Waals surface area contributed by atoms with Crippen LogP contribution < -0.4 is 10.2 Å². The fourth-order valence-electron chi connectivity index (χ4n) is 3.31. The minimum absolute atomic E-state index is 0.0311. The summed E-state index contributed by atoms with van der Waals surface area (Å²) in [7, 11) is 1.25. The van der Waals surface area contributed by atoms with Gasteiger partial charge in [0.25, 0.3) is 11.6 Å². The van der Waals surface area contributed by atoms with E-state index in [1.165, 1.54) is 19.2 Å².